The Morgan fingerprint density at radius 2 is 1.90 bits per heavy atom. The second kappa shape index (κ2) is 7.09. The topological polar surface area (TPSA) is 32.5 Å². The van der Waals surface area contributed by atoms with Crippen molar-refractivity contribution in [2.24, 2.45) is 5.73 Å². The maximum atomic E-state index is 6.02. The third-order valence-corrected chi connectivity index (χ3v) is 4.57. The Balaban J connectivity index is 1.99. The number of nitrogens with two attached hydrogens (primary N) is 1. The van der Waals surface area contributed by atoms with Crippen molar-refractivity contribution in [3.8, 4) is 0 Å². The van der Waals surface area contributed by atoms with Crippen LogP contribution in [-0.2, 0) is 6.42 Å². The Morgan fingerprint density at radius 3 is 2.50 bits per heavy atom. The van der Waals surface area contributed by atoms with Crippen LogP contribution in [0.4, 0.5) is 5.69 Å². The Labute approximate surface area is 123 Å². The Morgan fingerprint density at radius 1 is 1.20 bits per heavy atom. The molecule has 20 heavy (non-hydrogen) atoms. The lowest BCUT2D eigenvalue weighted by atomic mass is 10.0. The van der Waals surface area contributed by atoms with Gasteiger partial charge in [0, 0.05) is 37.4 Å². The summed E-state index contributed by atoms with van der Waals surface area (Å²) in [4.78, 5) is 4.99. The zero-order valence-corrected chi connectivity index (χ0v) is 13.2. The molecule has 1 aliphatic heterocycles. The normalized spacial score (nSPS) is 22.0. The van der Waals surface area contributed by atoms with E-state index < -0.39 is 0 Å². The van der Waals surface area contributed by atoms with Gasteiger partial charge >= 0.3 is 0 Å². The van der Waals surface area contributed by atoms with Crippen LogP contribution in [0.15, 0.2) is 24.3 Å². The van der Waals surface area contributed by atoms with Gasteiger partial charge in [-0.25, -0.2) is 0 Å². The van der Waals surface area contributed by atoms with Crippen LogP contribution >= 0.6 is 0 Å². The molecule has 112 valence electrons. The first kappa shape index (κ1) is 15.3. The maximum Gasteiger partial charge on any atom is 0.0367 e. The zero-order chi connectivity index (χ0) is 14.5. The Kier molecular flexibility index (Phi) is 5.44. The van der Waals surface area contributed by atoms with Gasteiger partial charge in [-0.15, -0.1) is 0 Å². The van der Waals surface area contributed by atoms with Crippen molar-refractivity contribution in [3.05, 3.63) is 29.8 Å². The molecule has 0 saturated carbocycles. The molecule has 0 amide bonds. The molecule has 3 nitrogen and oxygen atoms in total. The molecule has 1 aromatic rings. The summed E-state index contributed by atoms with van der Waals surface area (Å²) in [6.45, 7) is 7.84. The number of piperazine rings is 1. The van der Waals surface area contributed by atoms with Crippen LogP contribution in [0, 0.1) is 0 Å². The fourth-order valence-electron chi connectivity index (χ4n) is 2.91. The van der Waals surface area contributed by atoms with Gasteiger partial charge in [0.05, 0.1) is 0 Å². The van der Waals surface area contributed by atoms with Gasteiger partial charge in [0.15, 0.2) is 0 Å². The Bertz CT molecular complexity index is 401. The molecule has 1 heterocycles. The minimum atomic E-state index is 0.286. The lowest BCUT2D eigenvalue weighted by Gasteiger charge is -2.40. The van der Waals surface area contributed by atoms with Crippen molar-refractivity contribution >= 4 is 5.69 Å². The second-order valence-corrected chi connectivity index (χ2v) is 6.03. The molecule has 0 spiro atoms. The maximum absolute atomic E-state index is 6.02. The molecular formula is C17H29N3. The van der Waals surface area contributed by atoms with Crippen LogP contribution in [0.1, 0.15) is 32.3 Å². The molecule has 1 aromatic carbocycles. The number of likely N-dealkylation sites (N-methyl/N-ethyl adjacent to an activating group) is 1. The van der Waals surface area contributed by atoms with E-state index in [0.29, 0.717) is 6.04 Å². The number of hydrogen-bond acceptors (Lipinski definition) is 3. The van der Waals surface area contributed by atoms with E-state index in [-0.39, 0.29) is 6.04 Å². The zero-order valence-electron chi connectivity index (χ0n) is 13.2. The number of benzene rings is 1. The number of hydrogen-bond donors (Lipinski definition) is 1. The Hall–Kier alpha value is -1.06. The monoisotopic (exact) mass is 275 g/mol. The minimum absolute atomic E-state index is 0.286. The summed E-state index contributed by atoms with van der Waals surface area (Å²) in [6, 6.07) is 9.96. The van der Waals surface area contributed by atoms with E-state index in [0.717, 1.165) is 32.5 Å². The van der Waals surface area contributed by atoms with Crippen molar-refractivity contribution < 1.29 is 0 Å². The van der Waals surface area contributed by atoms with Crippen LogP contribution in [0.2, 0.25) is 0 Å². The van der Waals surface area contributed by atoms with Crippen LogP contribution in [0.3, 0.4) is 0 Å². The number of rotatable bonds is 5. The molecule has 0 radical (unpaired) electrons. The quantitative estimate of drug-likeness (QED) is 0.896. The highest BCUT2D eigenvalue weighted by Crippen LogP contribution is 2.20. The summed E-state index contributed by atoms with van der Waals surface area (Å²) in [6.07, 6.45) is 3.24. The summed E-state index contributed by atoms with van der Waals surface area (Å²) in [5.41, 5.74) is 8.72. The lowest BCUT2D eigenvalue weighted by Crippen LogP contribution is -2.51. The van der Waals surface area contributed by atoms with E-state index in [4.69, 9.17) is 5.73 Å². The summed E-state index contributed by atoms with van der Waals surface area (Å²) >= 11 is 0. The van der Waals surface area contributed by atoms with Gasteiger partial charge in [-0.1, -0.05) is 26.0 Å². The van der Waals surface area contributed by atoms with Gasteiger partial charge in [-0.05, 0) is 44.0 Å². The minimum Gasteiger partial charge on any atom is -0.369 e. The first-order valence-corrected chi connectivity index (χ1v) is 7.93. The van der Waals surface area contributed by atoms with E-state index in [1.165, 1.54) is 17.7 Å². The molecule has 3 heteroatoms. The first-order valence-electron chi connectivity index (χ1n) is 7.93. The molecule has 1 saturated heterocycles. The van der Waals surface area contributed by atoms with E-state index in [9.17, 15) is 0 Å². The third-order valence-electron chi connectivity index (χ3n) is 4.57. The molecule has 1 fully saturated rings. The van der Waals surface area contributed by atoms with Gasteiger partial charge in [-0.2, -0.15) is 0 Å². The smallest absolute Gasteiger partial charge is 0.0367 e. The molecule has 1 aliphatic rings. The van der Waals surface area contributed by atoms with Crippen molar-refractivity contribution in [2.45, 2.75) is 45.2 Å². The van der Waals surface area contributed by atoms with Crippen molar-refractivity contribution in [3.63, 3.8) is 0 Å². The molecular weight excluding hydrogens is 246 g/mol. The molecule has 0 aromatic heterocycles. The standard InChI is InChI=1S/C17H29N3/c1-4-15(18)12-14-6-8-17(9-7-14)20-11-10-19(3)16(5-2)13-20/h6-9,15-16H,4-5,10-13,18H2,1-3H3. The van der Waals surface area contributed by atoms with Gasteiger partial charge < -0.3 is 10.6 Å². The largest absolute Gasteiger partial charge is 0.369 e. The third kappa shape index (κ3) is 3.74. The average molecular weight is 275 g/mol. The highest BCUT2D eigenvalue weighted by Gasteiger charge is 2.22. The van der Waals surface area contributed by atoms with Crippen LogP contribution < -0.4 is 10.6 Å². The van der Waals surface area contributed by atoms with Crippen LogP contribution in [-0.4, -0.2) is 43.7 Å². The number of nitrogens with zero attached hydrogens (tertiary/aromatic N) is 2. The van der Waals surface area contributed by atoms with Crippen LogP contribution in [0.5, 0.6) is 0 Å². The predicted octanol–water partition coefficient (Wildman–Crippen LogP) is 2.50. The molecule has 2 N–H and O–H groups in total. The molecule has 0 bridgehead atoms. The van der Waals surface area contributed by atoms with Gasteiger partial charge in [0.25, 0.3) is 0 Å². The molecule has 0 aliphatic carbocycles. The highest BCUT2D eigenvalue weighted by atomic mass is 15.3. The lowest BCUT2D eigenvalue weighted by molar-refractivity contribution is 0.213. The predicted molar refractivity (Wildman–Crippen MR) is 87.3 cm³/mol. The first-order chi connectivity index (χ1) is 9.63. The summed E-state index contributed by atoms with van der Waals surface area (Å²) in [7, 11) is 2.24. The second-order valence-electron chi connectivity index (χ2n) is 6.03. The van der Waals surface area contributed by atoms with Gasteiger partial charge in [0.1, 0.15) is 0 Å². The van der Waals surface area contributed by atoms with E-state index in [1.807, 2.05) is 0 Å². The van der Waals surface area contributed by atoms with Gasteiger partial charge in [-0.3, -0.25) is 4.90 Å². The van der Waals surface area contributed by atoms with Crippen molar-refractivity contribution in [1.29, 1.82) is 0 Å². The van der Waals surface area contributed by atoms with E-state index >= 15 is 0 Å². The summed E-state index contributed by atoms with van der Waals surface area (Å²) in [5.74, 6) is 0. The molecule has 2 rings (SSSR count). The van der Waals surface area contributed by atoms with E-state index in [1.54, 1.807) is 0 Å². The average Bonchev–Trinajstić information content (AvgIpc) is 2.48. The number of anilines is 1. The summed E-state index contributed by atoms with van der Waals surface area (Å²) < 4.78 is 0. The van der Waals surface area contributed by atoms with E-state index in [2.05, 4.69) is 55.0 Å². The van der Waals surface area contributed by atoms with Crippen molar-refractivity contribution in [2.75, 3.05) is 31.6 Å². The molecule has 2 unspecified atom stereocenters. The molecule has 2 atom stereocenters. The SMILES string of the molecule is CCC(N)Cc1ccc(N2CCN(C)C(CC)C2)cc1. The van der Waals surface area contributed by atoms with Crippen molar-refractivity contribution in [1.82, 2.24) is 4.90 Å². The van der Waals surface area contributed by atoms with Gasteiger partial charge in [0.2, 0.25) is 0 Å². The summed E-state index contributed by atoms with van der Waals surface area (Å²) in [5, 5.41) is 0. The fourth-order valence-corrected chi connectivity index (χ4v) is 2.91. The highest BCUT2D eigenvalue weighted by molar-refractivity contribution is 5.48. The fraction of sp³-hybridized carbons (Fsp3) is 0.647. The van der Waals surface area contributed by atoms with Crippen LogP contribution in [0.25, 0.3) is 0 Å².